The van der Waals surface area contributed by atoms with Gasteiger partial charge in [0.15, 0.2) is 0 Å². The SMILES string of the molecule is CC(CC(=O)NCc1cccc(S(=O)(=O)N2CCCCC2)c1)c1ccc(F)cc1. The molecule has 2 aromatic carbocycles. The van der Waals surface area contributed by atoms with E-state index >= 15 is 0 Å². The number of halogens is 1. The first-order valence-corrected chi connectivity index (χ1v) is 11.4. The van der Waals surface area contributed by atoms with Gasteiger partial charge in [-0.15, -0.1) is 0 Å². The van der Waals surface area contributed by atoms with E-state index in [-0.39, 0.29) is 35.5 Å². The Labute approximate surface area is 172 Å². The lowest BCUT2D eigenvalue weighted by Gasteiger charge is -2.26. The number of nitrogens with zero attached hydrogens (tertiary/aromatic N) is 1. The number of sulfonamides is 1. The zero-order valence-electron chi connectivity index (χ0n) is 16.6. The third-order valence-corrected chi connectivity index (χ3v) is 7.17. The van der Waals surface area contributed by atoms with Gasteiger partial charge in [0.2, 0.25) is 15.9 Å². The van der Waals surface area contributed by atoms with Gasteiger partial charge in [-0.3, -0.25) is 4.79 Å². The fourth-order valence-corrected chi connectivity index (χ4v) is 5.12. The molecule has 1 unspecified atom stereocenters. The van der Waals surface area contributed by atoms with Crippen molar-refractivity contribution in [2.24, 2.45) is 0 Å². The van der Waals surface area contributed by atoms with Crippen LogP contribution in [0.25, 0.3) is 0 Å². The number of carbonyl (C=O) groups is 1. The quantitative estimate of drug-likeness (QED) is 0.744. The zero-order valence-corrected chi connectivity index (χ0v) is 17.4. The van der Waals surface area contributed by atoms with Gasteiger partial charge in [0, 0.05) is 26.1 Å². The molecule has 2 aromatic rings. The van der Waals surface area contributed by atoms with Crippen LogP contribution in [0.1, 0.15) is 49.7 Å². The van der Waals surface area contributed by atoms with Crippen molar-refractivity contribution in [3.8, 4) is 0 Å². The molecular weight excluding hydrogens is 391 g/mol. The van der Waals surface area contributed by atoms with E-state index in [0.29, 0.717) is 13.1 Å². The van der Waals surface area contributed by atoms with Crippen LogP contribution in [0.3, 0.4) is 0 Å². The molecule has 1 N–H and O–H groups in total. The van der Waals surface area contributed by atoms with Crippen molar-refractivity contribution < 1.29 is 17.6 Å². The fraction of sp³-hybridized carbons (Fsp3) is 0.409. The molecule has 0 aromatic heterocycles. The molecule has 0 radical (unpaired) electrons. The monoisotopic (exact) mass is 418 g/mol. The van der Waals surface area contributed by atoms with E-state index in [1.54, 1.807) is 40.7 Å². The van der Waals surface area contributed by atoms with Gasteiger partial charge in [-0.1, -0.05) is 37.6 Å². The number of benzene rings is 2. The summed E-state index contributed by atoms with van der Waals surface area (Å²) in [5.74, 6) is -0.475. The highest BCUT2D eigenvalue weighted by Gasteiger charge is 2.26. The number of amides is 1. The lowest BCUT2D eigenvalue weighted by Crippen LogP contribution is -2.35. The summed E-state index contributed by atoms with van der Waals surface area (Å²) in [7, 11) is -3.49. The van der Waals surface area contributed by atoms with Crippen molar-refractivity contribution in [2.75, 3.05) is 13.1 Å². The lowest BCUT2D eigenvalue weighted by atomic mass is 9.97. The summed E-state index contributed by atoms with van der Waals surface area (Å²) < 4.78 is 40.2. The minimum Gasteiger partial charge on any atom is -0.352 e. The lowest BCUT2D eigenvalue weighted by molar-refractivity contribution is -0.121. The predicted molar refractivity (Wildman–Crippen MR) is 110 cm³/mol. The van der Waals surface area contributed by atoms with Gasteiger partial charge in [-0.25, -0.2) is 12.8 Å². The zero-order chi connectivity index (χ0) is 20.9. The van der Waals surface area contributed by atoms with Gasteiger partial charge >= 0.3 is 0 Å². The highest BCUT2D eigenvalue weighted by molar-refractivity contribution is 7.89. The summed E-state index contributed by atoms with van der Waals surface area (Å²) in [6, 6.07) is 12.9. The van der Waals surface area contributed by atoms with Crippen molar-refractivity contribution in [3.05, 3.63) is 65.5 Å². The number of nitrogens with one attached hydrogen (secondary N) is 1. The molecule has 1 saturated heterocycles. The molecule has 0 aliphatic carbocycles. The van der Waals surface area contributed by atoms with Crippen LogP contribution in [-0.2, 0) is 21.4 Å². The summed E-state index contributed by atoms with van der Waals surface area (Å²) in [4.78, 5) is 12.6. The predicted octanol–water partition coefficient (Wildman–Crippen LogP) is 3.81. The van der Waals surface area contributed by atoms with E-state index in [1.807, 2.05) is 6.92 Å². The molecule has 7 heteroatoms. The van der Waals surface area contributed by atoms with Gasteiger partial charge in [0.25, 0.3) is 0 Å². The van der Waals surface area contributed by atoms with Crippen molar-refractivity contribution in [1.82, 2.24) is 9.62 Å². The smallest absolute Gasteiger partial charge is 0.243 e. The van der Waals surface area contributed by atoms with Gasteiger partial charge < -0.3 is 5.32 Å². The van der Waals surface area contributed by atoms with Crippen LogP contribution in [0.2, 0.25) is 0 Å². The summed E-state index contributed by atoms with van der Waals surface area (Å²) in [5.41, 5.74) is 1.64. The molecule has 0 bridgehead atoms. The van der Waals surface area contributed by atoms with E-state index in [1.165, 1.54) is 12.1 Å². The van der Waals surface area contributed by atoms with E-state index in [0.717, 1.165) is 30.4 Å². The molecule has 1 fully saturated rings. The van der Waals surface area contributed by atoms with Crippen LogP contribution >= 0.6 is 0 Å². The third kappa shape index (κ3) is 5.64. The van der Waals surface area contributed by atoms with E-state index in [4.69, 9.17) is 0 Å². The van der Waals surface area contributed by atoms with Crippen LogP contribution in [0.15, 0.2) is 53.4 Å². The Morgan fingerprint density at radius 2 is 1.79 bits per heavy atom. The standard InChI is InChI=1S/C22H27FN2O3S/c1-17(19-8-10-20(23)11-9-19)14-22(26)24-16-18-6-5-7-21(15-18)29(27,28)25-12-3-2-4-13-25/h5-11,15,17H,2-4,12-14,16H2,1H3,(H,24,26). The Morgan fingerprint density at radius 3 is 2.48 bits per heavy atom. The van der Waals surface area contributed by atoms with Crippen LogP contribution in [0.5, 0.6) is 0 Å². The van der Waals surface area contributed by atoms with Crippen LogP contribution in [-0.4, -0.2) is 31.7 Å². The number of rotatable bonds is 7. The third-order valence-electron chi connectivity index (χ3n) is 5.27. The van der Waals surface area contributed by atoms with Crippen LogP contribution in [0.4, 0.5) is 4.39 Å². The minimum atomic E-state index is -3.49. The van der Waals surface area contributed by atoms with Crippen molar-refractivity contribution in [1.29, 1.82) is 0 Å². The fourth-order valence-electron chi connectivity index (χ4n) is 3.53. The largest absolute Gasteiger partial charge is 0.352 e. The number of carbonyl (C=O) groups excluding carboxylic acids is 1. The summed E-state index contributed by atoms with van der Waals surface area (Å²) in [6.45, 7) is 3.30. The maximum atomic E-state index is 13.0. The molecule has 1 amide bonds. The summed E-state index contributed by atoms with van der Waals surface area (Å²) in [5, 5.41) is 2.85. The molecular formula is C22H27FN2O3S. The number of hydrogen-bond acceptors (Lipinski definition) is 3. The van der Waals surface area contributed by atoms with Crippen molar-refractivity contribution in [3.63, 3.8) is 0 Å². The molecule has 29 heavy (non-hydrogen) atoms. The minimum absolute atomic E-state index is 0.0404. The molecule has 1 heterocycles. The maximum Gasteiger partial charge on any atom is 0.243 e. The molecule has 0 spiro atoms. The molecule has 0 saturated carbocycles. The molecule has 1 aliphatic rings. The number of piperidine rings is 1. The van der Waals surface area contributed by atoms with Gasteiger partial charge in [0.05, 0.1) is 4.90 Å². The van der Waals surface area contributed by atoms with Crippen molar-refractivity contribution >= 4 is 15.9 Å². The second kappa shape index (κ2) is 9.50. The first-order chi connectivity index (χ1) is 13.9. The average molecular weight is 419 g/mol. The van der Waals surface area contributed by atoms with E-state index in [9.17, 15) is 17.6 Å². The van der Waals surface area contributed by atoms with Crippen LogP contribution in [0, 0.1) is 5.82 Å². The van der Waals surface area contributed by atoms with E-state index < -0.39 is 10.0 Å². The maximum absolute atomic E-state index is 13.0. The van der Waals surface area contributed by atoms with Gasteiger partial charge in [-0.2, -0.15) is 4.31 Å². The molecule has 3 rings (SSSR count). The Balaban J connectivity index is 1.58. The Bertz CT molecular complexity index is 939. The highest BCUT2D eigenvalue weighted by atomic mass is 32.2. The Morgan fingerprint density at radius 1 is 1.10 bits per heavy atom. The summed E-state index contributed by atoms with van der Waals surface area (Å²) >= 11 is 0. The second-order valence-electron chi connectivity index (χ2n) is 7.55. The van der Waals surface area contributed by atoms with Gasteiger partial charge in [0.1, 0.15) is 5.82 Å². The second-order valence-corrected chi connectivity index (χ2v) is 9.48. The van der Waals surface area contributed by atoms with Crippen molar-refractivity contribution in [2.45, 2.75) is 50.0 Å². The Kier molecular flexibility index (Phi) is 7.03. The van der Waals surface area contributed by atoms with E-state index in [2.05, 4.69) is 5.32 Å². The normalized spacial score (nSPS) is 16.3. The number of hydrogen-bond donors (Lipinski definition) is 1. The first kappa shape index (κ1) is 21.5. The molecule has 1 aliphatic heterocycles. The van der Waals surface area contributed by atoms with Crippen LogP contribution < -0.4 is 5.32 Å². The first-order valence-electron chi connectivity index (χ1n) is 9.97. The summed E-state index contributed by atoms with van der Waals surface area (Å²) in [6.07, 6.45) is 3.12. The molecule has 1 atom stereocenters. The van der Waals surface area contributed by atoms with Gasteiger partial charge in [-0.05, 0) is 54.2 Å². The Hall–Kier alpha value is -2.25. The topological polar surface area (TPSA) is 66.5 Å². The highest BCUT2D eigenvalue weighted by Crippen LogP contribution is 2.22. The molecule has 5 nitrogen and oxygen atoms in total. The molecule has 156 valence electrons. The average Bonchev–Trinajstić information content (AvgIpc) is 2.73.